The van der Waals surface area contributed by atoms with E-state index >= 15 is 0 Å². The molecule has 0 bridgehead atoms. The van der Waals surface area contributed by atoms with E-state index in [4.69, 9.17) is 0 Å². The highest BCUT2D eigenvalue weighted by Gasteiger charge is 2.30. The maximum atomic E-state index is 13.1. The lowest BCUT2D eigenvalue weighted by atomic mass is 9.86. The number of benzene rings is 2. The minimum atomic E-state index is -1.57. The van der Waals surface area contributed by atoms with Gasteiger partial charge in [0.15, 0.2) is 0 Å². The fourth-order valence-electron chi connectivity index (χ4n) is 2.56. The molecule has 1 aromatic heterocycles. The molecule has 0 amide bonds. The average Bonchev–Trinajstić information content (AvgIpc) is 2.62. The third kappa shape index (κ3) is 2.99. The Morgan fingerprint density at radius 3 is 1.78 bits per heavy atom. The van der Waals surface area contributed by atoms with Crippen molar-refractivity contribution < 1.29 is 14.6 Å². The normalized spacial score (nSPS) is 13.5. The van der Waals surface area contributed by atoms with Crippen molar-refractivity contribution in [2.24, 2.45) is 0 Å². The number of aromatic nitrogens is 1. The molecule has 0 aliphatic rings. The van der Waals surface area contributed by atoms with Crippen LogP contribution in [0.3, 0.4) is 0 Å². The van der Waals surface area contributed by atoms with Crippen molar-refractivity contribution in [3.05, 3.63) is 90.0 Å². The van der Waals surface area contributed by atoms with Gasteiger partial charge < -0.3 is 10.2 Å². The minimum absolute atomic E-state index is 0.387. The summed E-state index contributed by atoms with van der Waals surface area (Å²) < 4.78 is 13.1. The molecule has 23 heavy (non-hydrogen) atoms. The molecule has 0 saturated carbocycles. The van der Waals surface area contributed by atoms with Gasteiger partial charge in [0.25, 0.3) is 0 Å². The van der Waals surface area contributed by atoms with Crippen LogP contribution in [0.2, 0.25) is 0 Å². The van der Waals surface area contributed by atoms with Crippen molar-refractivity contribution in [3.63, 3.8) is 0 Å². The highest BCUT2D eigenvalue weighted by Crippen LogP contribution is 2.31. The monoisotopic (exact) mass is 309 g/mol. The van der Waals surface area contributed by atoms with Crippen LogP contribution in [0.4, 0.5) is 4.39 Å². The number of hydrogen-bond donors (Lipinski definition) is 2. The molecule has 4 heteroatoms. The van der Waals surface area contributed by atoms with Gasteiger partial charge in [-0.25, -0.2) is 4.39 Å². The van der Waals surface area contributed by atoms with Crippen LogP contribution < -0.4 is 0 Å². The summed E-state index contributed by atoms with van der Waals surface area (Å²) in [5, 5.41) is 20.5. The van der Waals surface area contributed by atoms with Crippen LogP contribution >= 0.6 is 0 Å². The number of aliphatic hydroxyl groups is 2. The minimum Gasteiger partial charge on any atom is -0.393 e. The van der Waals surface area contributed by atoms with Gasteiger partial charge in [0.05, 0.1) is 6.61 Å². The number of halogens is 1. The van der Waals surface area contributed by atoms with Crippen molar-refractivity contribution in [3.8, 4) is 11.1 Å². The average molecular weight is 309 g/mol. The Labute approximate surface area is 133 Å². The van der Waals surface area contributed by atoms with E-state index in [0.29, 0.717) is 11.1 Å². The van der Waals surface area contributed by atoms with E-state index in [0.717, 1.165) is 11.1 Å². The van der Waals surface area contributed by atoms with Gasteiger partial charge in [0.2, 0.25) is 0 Å². The van der Waals surface area contributed by atoms with Gasteiger partial charge in [0.1, 0.15) is 11.4 Å². The summed E-state index contributed by atoms with van der Waals surface area (Å²) in [6, 6.07) is 16.5. The van der Waals surface area contributed by atoms with Crippen LogP contribution in [0, 0.1) is 5.82 Å². The molecule has 0 spiro atoms. The Hall–Kier alpha value is -2.56. The van der Waals surface area contributed by atoms with Gasteiger partial charge in [0, 0.05) is 12.4 Å². The third-order valence-electron chi connectivity index (χ3n) is 3.93. The first-order valence-electron chi connectivity index (χ1n) is 7.24. The summed E-state index contributed by atoms with van der Waals surface area (Å²) in [4.78, 5) is 3.98. The molecule has 0 unspecified atom stereocenters. The third-order valence-corrected chi connectivity index (χ3v) is 3.93. The molecule has 3 aromatic rings. The number of pyridine rings is 1. The molecule has 0 radical (unpaired) electrons. The van der Waals surface area contributed by atoms with E-state index in [1.807, 2.05) is 24.3 Å². The highest BCUT2D eigenvalue weighted by atomic mass is 19.1. The fraction of sp³-hybridized carbons (Fsp3) is 0.105. The Morgan fingerprint density at radius 2 is 1.26 bits per heavy atom. The van der Waals surface area contributed by atoms with Gasteiger partial charge in [-0.15, -0.1) is 0 Å². The van der Waals surface area contributed by atoms with Gasteiger partial charge in [-0.3, -0.25) is 4.98 Å². The first-order chi connectivity index (χ1) is 11.1. The van der Waals surface area contributed by atoms with E-state index in [-0.39, 0.29) is 5.82 Å². The Kier molecular flexibility index (Phi) is 4.19. The number of aliphatic hydroxyl groups excluding tert-OH is 1. The Morgan fingerprint density at radius 1 is 0.783 bits per heavy atom. The summed E-state index contributed by atoms with van der Waals surface area (Å²) in [5.74, 6) is -0.387. The predicted octanol–water partition coefficient (Wildman–Crippen LogP) is 3.12. The summed E-state index contributed by atoms with van der Waals surface area (Å²) >= 11 is 0. The molecule has 0 aliphatic heterocycles. The molecular formula is C19H16FNO2. The van der Waals surface area contributed by atoms with Crippen molar-refractivity contribution in [1.29, 1.82) is 0 Å². The number of nitrogens with zero attached hydrogens (tertiary/aromatic N) is 1. The number of hydrogen-bond acceptors (Lipinski definition) is 3. The van der Waals surface area contributed by atoms with Crippen molar-refractivity contribution in [1.82, 2.24) is 4.98 Å². The van der Waals surface area contributed by atoms with E-state index in [1.165, 1.54) is 24.3 Å². The van der Waals surface area contributed by atoms with Crippen molar-refractivity contribution in [2.75, 3.05) is 6.61 Å². The zero-order valence-corrected chi connectivity index (χ0v) is 12.4. The molecule has 0 saturated heterocycles. The zero-order chi connectivity index (χ0) is 16.3. The maximum Gasteiger partial charge on any atom is 0.138 e. The van der Waals surface area contributed by atoms with Crippen LogP contribution in [0.25, 0.3) is 11.1 Å². The standard InChI is InChI=1S/C19H16FNO2/c20-18-7-5-17(6-8-18)19(23,13-22)16-3-1-14(2-4-16)15-9-11-21-12-10-15/h1-12,22-23H,13H2/t19-/m1/s1. The molecule has 1 atom stereocenters. The fourth-order valence-corrected chi connectivity index (χ4v) is 2.56. The molecule has 0 aliphatic carbocycles. The lowest BCUT2D eigenvalue weighted by Gasteiger charge is -2.27. The second-order valence-corrected chi connectivity index (χ2v) is 5.34. The lowest BCUT2D eigenvalue weighted by molar-refractivity contribution is 0.0172. The lowest BCUT2D eigenvalue weighted by Crippen LogP contribution is -2.31. The van der Waals surface area contributed by atoms with E-state index in [2.05, 4.69) is 4.98 Å². The zero-order valence-electron chi connectivity index (χ0n) is 12.4. The van der Waals surface area contributed by atoms with Gasteiger partial charge >= 0.3 is 0 Å². The van der Waals surface area contributed by atoms with E-state index in [9.17, 15) is 14.6 Å². The summed E-state index contributed by atoms with van der Waals surface area (Å²) in [6.07, 6.45) is 3.43. The van der Waals surface area contributed by atoms with Crippen LogP contribution in [0.5, 0.6) is 0 Å². The van der Waals surface area contributed by atoms with E-state index in [1.54, 1.807) is 24.5 Å². The predicted molar refractivity (Wildman–Crippen MR) is 86.2 cm³/mol. The molecule has 1 heterocycles. The first kappa shape index (κ1) is 15.3. The quantitative estimate of drug-likeness (QED) is 0.778. The molecule has 116 valence electrons. The van der Waals surface area contributed by atoms with Gasteiger partial charge in [-0.2, -0.15) is 0 Å². The molecule has 2 N–H and O–H groups in total. The van der Waals surface area contributed by atoms with Crippen LogP contribution in [-0.2, 0) is 5.60 Å². The Balaban J connectivity index is 1.97. The molecular weight excluding hydrogens is 293 g/mol. The van der Waals surface area contributed by atoms with Crippen molar-refractivity contribution in [2.45, 2.75) is 5.60 Å². The molecule has 0 fully saturated rings. The molecule has 3 nitrogen and oxygen atoms in total. The second-order valence-electron chi connectivity index (χ2n) is 5.34. The SMILES string of the molecule is OC[C@](O)(c1ccc(F)cc1)c1ccc(-c2ccncc2)cc1. The Bertz CT molecular complexity index is 773. The van der Waals surface area contributed by atoms with Gasteiger partial charge in [-0.1, -0.05) is 36.4 Å². The largest absolute Gasteiger partial charge is 0.393 e. The summed E-state index contributed by atoms with van der Waals surface area (Å²) in [7, 11) is 0. The summed E-state index contributed by atoms with van der Waals surface area (Å²) in [6.45, 7) is -0.493. The topological polar surface area (TPSA) is 53.4 Å². The molecule has 2 aromatic carbocycles. The van der Waals surface area contributed by atoms with Crippen LogP contribution in [0.15, 0.2) is 73.1 Å². The van der Waals surface area contributed by atoms with Gasteiger partial charge in [-0.05, 0) is 46.5 Å². The molecule has 3 rings (SSSR count). The maximum absolute atomic E-state index is 13.1. The highest BCUT2D eigenvalue weighted by molar-refractivity contribution is 5.63. The second kappa shape index (κ2) is 6.28. The van der Waals surface area contributed by atoms with Crippen molar-refractivity contribution >= 4 is 0 Å². The van der Waals surface area contributed by atoms with Crippen LogP contribution in [-0.4, -0.2) is 21.8 Å². The van der Waals surface area contributed by atoms with E-state index < -0.39 is 12.2 Å². The van der Waals surface area contributed by atoms with Crippen LogP contribution in [0.1, 0.15) is 11.1 Å². The number of rotatable bonds is 4. The smallest absolute Gasteiger partial charge is 0.138 e. The first-order valence-corrected chi connectivity index (χ1v) is 7.24. The summed E-state index contributed by atoms with van der Waals surface area (Å²) in [5.41, 5.74) is 1.42.